The molecule has 0 fully saturated rings. The largest absolute Gasteiger partial charge is 0.598 e. The summed E-state index contributed by atoms with van der Waals surface area (Å²) in [6.07, 6.45) is 0.779. The van der Waals surface area contributed by atoms with Crippen molar-refractivity contribution in [2.24, 2.45) is 0 Å². The highest BCUT2D eigenvalue weighted by molar-refractivity contribution is 7.90. The van der Waals surface area contributed by atoms with Crippen molar-refractivity contribution in [1.82, 2.24) is 4.72 Å². The Bertz CT molecular complexity index is 537. The molecular formula is C17H25NO4S. The van der Waals surface area contributed by atoms with Crippen LogP contribution in [-0.2, 0) is 22.6 Å². The normalized spacial score (nSPS) is 14.1. The number of methoxy groups -OCH3 is 1. The van der Waals surface area contributed by atoms with Crippen molar-refractivity contribution in [3.8, 4) is 5.75 Å². The standard InChI is InChI=1S/C17H25NO4S/c1-12(16(19)20)10-14(18-23(21)17(2,3)4)11-13-6-8-15(22-5)9-7-13/h6-9,14,18H,1,10-11H2,2-5H3,(H,19,20)/t14-,23?/m0/s1. The van der Waals surface area contributed by atoms with Gasteiger partial charge in [0.25, 0.3) is 0 Å². The highest BCUT2D eigenvalue weighted by Crippen LogP contribution is 2.19. The van der Waals surface area contributed by atoms with E-state index < -0.39 is 22.1 Å². The average Bonchev–Trinajstić information content (AvgIpc) is 2.46. The fourth-order valence-electron chi connectivity index (χ4n) is 1.91. The van der Waals surface area contributed by atoms with Gasteiger partial charge >= 0.3 is 5.97 Å². The van der Waals surface area contributed by atoms with Gasteiger partial charge in [-0.1, -0.05) is 18.7 Å². The van der Waals surface area contributed by atoms with E-state index in [2.05, 4.69) is 11.3 Å². The summed E-state index contributed by atoms with van der Waals surface area (Å²) in [5.74, 6) is -0.278. The number of carboxylic acid groups (broad SMARTS) is 1. The van der Waals surface area contributed by atoms with Crippen molar-refractivity contribution in [2.45, 2.75) is 44.4 Å². The maximum Gasteiger partial charge on any atom is 0.331 e. The molecule has 1 rings (SSSR count). The molecular weight excluding hydrogens is 314 g/mol. The fraction of sp³-hybridized carbons (Fsp3) is 0.471. The first kappa shape index (κ1) is 19.5. The molecule has 6 heteroatoms. The Morgan fingerprint density at radius 2 is 1.96 bits per heavy atom. The molecule has 0 aliphatic heterocycles. The Morgan fingerprint density at radius 1 is 1.39 bits per heavy atom. The maximum atomic E-state index is 12.3. The van der Waals surface area contributed by atoms with E-state index in [1.165, 1.54) is 0 Å². The van der Waals surface area contributed by atoms with Crippen LogP contribution in [0.1, 0.15) is 32.8 Å². The molecule has 2 N–H and O–H groups in total. The molecule has 0 aliphatic carbocycles. The van der Waals surface area contributed by atoms with Crippen molar-refractivity contribution in [1.29, 1.82) is 0 Å². The van der Waals surface area contributed by atoms with E-state index in [0.717, 1.165) is 11.3 Å². The van der Waals surface area contributed by atoms with Crippen LogP contribution in [0.5, 0.6) is 5.75 Å². The Kier molecular flexibility index (Phi) is 7.12. The number of carboxylic acids is 1. The van der Waals surface area contributed by atoms with Crippen LogP contribution in [0.15, 0.2) is 36.4 Å². The zero-order valence-corrected chi connectivity index (χ0v) is 14.9. The second-order valence-electron chi connectivity index (χ2n) is 6.36. The summed E-state index contributed by atoms with van der Waals surface area (Å²) in [6, 6.07) is 7.25. The molecule has 1 aromatic rings. The minimum atomic E-state index is -1.29. The predicted molar refractivity (Wildman–Crippen MR) is 92.9 cm³/mol. The summed E-state index contributed by atoms with van der Waals surface area (Å²) < 4.78 is 20.1. The van der Waals surface area contributed by atoms with Crippen LogP contribution in [0.3, 0.4) is 0 Å². The van der Waals surface area contributed by atoms with Gasteiger partial charge in [-0.15, -0.1) is 4.72 Å². The summed E-state index contributed by atoms with van der Waals surface area (Å²) in [6.45, 7) is 9.18. The van der Waals surface area contributed by atoms with Crippen LogP contribution in [0, 0.1) is 0 Å². The Balaban J connectivity index is 2.84. The molecule has 1 aromatic carbocycles. The Morgan fingerprint density at radius 3 is 2.39 bits per heavy atom. The molecule has 0 amide bonds. The average molecular weight is 339 g/mol. The lowest BCUT2D eigenvalue weighted by atomic mass is 10.0. The van der Waals surface area contributed by atoms with E-state index in [1.54, 1.807) is 7.11 Å². The van der Waals surface area contributed by atoms with E-state index in [1.807, 2.05) is 45.0 Å². The first-order valence-corrected chi connectivity index (χ1v) is 8.50. The number of benzene rings is 1. The number of hydrogen-bond donors (Lipinski definition) is 2. The summed E-state index contributed by atoms with van der Waals surface area (Å²) in [5.41, 5.74) is 1.11. The van der Waals surface area contributed by atoms with Crippen LogP contribution in [0.4, 0.5) is 0 Å². The molecule has 2 atom stereocenters. The zero-order chi connectivity index (χ0) is 17.6. The molecule has 1 unspecified atom stereocenters. The second-order valence-corrected chi connectivity index (χ2v) is 8.36. The molecule has 0 heterocycles. The molecule has 0 saturated carbocycles. The molecule has 0 saturated heterocycles. The number of nitrogens with one attached hydrogen (secondary N) is 1. The predicted octanol–water partition coefficient (Wildman–Crippen LogP) is 2.69. The molecule has 0 spiro atoms. The first-order chi connectivity index (χ1) is 10.6. The summed E-state index contributed by atoms with van der Waals surface area (Å²) in [5, 5.41) is 9.04. The lowest BCUT2D eigenvalue weighted by Gasteiger charge is -2.28. The molecule has 128 valence electrons. The number of ether oxygens (including phenoxy) is 1. The number of aliphatic carboxylic acids is 1. The maximum absolute atomic E-state index is 12.3. The third kappa shape index (κ3) is 6.64. The van der Waals surface area contributed by atoms with Crippen molar-refractivity contribution in [2.75, 3.05) is 7.11 Å². The fourth-order valence-corrected chi connectivity index (χ4v) is 2.74. The summed E-state index contributed by atoms with van der Waals surface area (Å²) in [7, 11) is 1.60. The molecule has 23 heavy (non-hydrogen) atoms. The highest BCUT2D eigenvalue weighted by Gasteiger charge is 2.30. The van der Waals surface area contributed by atoms with Gasteiger partial charge in [0.2, 0.25) is 0 Å². The van der Waals surface area contributed by atoms with Gasteiger partial charge in [0.15, 0.2) is 0 Å². The van der Waals surface area contributed by atoms with Gasteiger partial charge in [0.1, 0.15) is 10.5 Å². The molecule has 0 bridgehead atoms. The summed E-state index contributed by atoms with van der Waals surface area (Å²) >= 11 is -1.29. The van der Waals surface area contributed by atoms with Crippen molar-refractivity contribution < 1.29 is 19.2 Å². The number of rotatable bonds is 8. The van der Waals surface area contributed by atoms with Crippen LogP contribution in [0.25, 0.3) is 0 Å². The van der Waals surface area contributed by atoms with Gasteiger partial charge in [0.05, 0.1) is 13.2 Å². The zero-order valence-electron chi connectivity index (χ0n) is 14.1. The number of carbonyl (C=O) groups is 1. The monoisotopic (exact) mass is 339 g/mol. The van der Waals surface area contributed by atoms with Crippen LogP contribution in [-0.4, -0.2) is 33.5 Å². The van der Waals surface area contributed by atoms with Crippen LogP contribution in [0.2, 0.25) is 0 Å². The van der Waals surface area contributed by atoms with E-state index in [-0.39, 0.29) is 18.0 Å². The van der Waals surface area contributed by atoms with E-state index in [0.29, 0.717) is 6.42 Å². The molecule has 0 aromatic heterocycles. The smallest absolute Gasteiger partial charge is 0.331 e. The Labute approximate surface area is 141 Å². The van der Waals surface area contributed by atoms with Crippen LogP contribution < -0.4 is 9.46 Å². The van der Waals surface area contributed by atoms with Crippen molar-refractivity contribution in [3.05, 3.63) is 42.0 Å². The molecule has 0 radical (unpaired) electrons. The second kappa shape index (κ2) is 8.38. The molecule has 0 aliphatic rings. The first-order valence-electron chi connectivity index (χ1n) is 7.35. The third-order valence-electron chi connectivity index (χ3n) is 3.27. The topological polar surface area (TPSA) is 81.6 Å². The van der Waals surface area contributed by atoms with Crippen molar-refractivity contribution in [3.63, 3.8) is 0 Å². The van der Waals surface area contributed by atoms with Gasteiger partial charge in [-0.05, 0) is 51.3 Å². The van der Waals surface area contributed by atoms with Gasteiger partial charge in [0, 0.05) is 16.9 Å². The quantitative estimate of drug-likeness (QED) is 0.562. The third-order valence-corrected chi connectivity index (χ3v) is 4.93. The van der Waals surface area contributed by atoms with Gasteiger partial charge < -0.3 is 14.4 Å². The van der Waals surface area contributed by atoms with E-state index in [4.69, 9.17) is 9.84 Å². The van der Waals surface area contributed by atoms with E-state index >= 15 is 0 Å². The highest BCUT2D eigenvalue weighted by atomic mass is 32.2. The number of hydrogen-bond acceptors (Lipinski definition) is 4. The SMILES string of the molecule is C=C(C[C@@H](Cc1ccc(OC)cc1)N[S+]([O-])C(C)(C)C)C(=O)O. The van der Waals surface area contributed by atoms with Crippen molar-refractivity contribution >= 4 is 17.3 Å². The minimum Gasteiger partial charge on any atom is -0.598 e. The lowest BCUT2D eigenvalue weighted by Crippen LogP contribution is -2.45. The van der Waals surface area contributed by atoms with Crippen LogP contribution >= 0.6 is 0 Å². The minimum absolute atomic E-state index is 0.0990. The lowest BCUT2D eigenvalue weighted by molar-refractivity contribution is -0.132. The van der Waals surface area contributed by atoms with Gasteiger partial charge in [-0.25, -0.2) is 4.79 Å². The van der Waals surface area contributed by atoms with Gasteiger partial charge in [-0.3, -0.25) is 0 Å². The summed E-state index contributed by atoms with van der Waals surface area (Å²) in [4.78, 5) is 11.0. The van der Waals surface area contributed by atoms with E-state index in [9.17, 15) is 9.35 Å². The van der Waals surface area contributed by atoms with Gasteiger partial charge in [-0.2, -0.15) is 0 Å². The Hall–Kier alpha value is -1.50. The molecule has 5 nitrogen and oxygen atoms in total.